The van der Waals surface area contributed by atoms with E-state index in [9.17, 15) is 0 Å². The molecule has 0 aliphatic carbocycles. The molecular weight excluding hydrogens is 112 g/mol. The van der Waals surface area contributed by atoms with E-state index in [0.29, 0.717) is 6.61 Å². The summed E-state index contributed by atoms with van der Waals surface area (Å²) >= 11 is 1.33. The molecule has 0 bridgehead atoms. The zero-order chi connectivity index (χ0) is 5.54. The Morgan fingerprint density at radius 3 is 2.86 bits per heavy atom. The largest absolute Gasteiger partial charge is 0.396 e. The fourth-order valence-electron chi connectivity index (χ4n) is 0.207. The summed E-state index contributed by atoms with van der Waals surface area (Å²) in [5.74, 6) is 0. The van der Waals surface area contributed by atoms with Gasteiger partial charge >= 0.3 is 0 Å². The van der Waals surface area contributed by atoms with E-state index in [-0.39, 0.29) is 6.61 Å². The number of hydrogen-bond acceptors (Lipinski definition) is 3. The van der Waals surface area contributed by atoms with Crippen LogP contribution in [0.2, 0.25) is 0 Å². The summed E-state index contributed by atoms with van der Waals surface area (Å²) in [6.07, 6.45) is 2.60. The Morgan fingerprint density at radius 2 is 2.43 bits per heavy atom. The molecule has 0 atom stereocenters. The first-order valence-electron chi connectivity index (χ1n) is 2.18. The average molecular weight is 122 g/mol. The highest BCUT2D eigenvalue weighted by atomic mass is 32.2. The highest BCUT2D eigenvalue weighted by Gasteiger charge is 1.80. The second kappa shape index (κ2) is 6.27. The molecule has 0 amide bonds. The quantitative estimate of drug-likeness (QED) is 0.439. The molecule has 0 saturated carbocycles. The van der Waals surface area contributed by atoms with Crippen LogP contribution in [0.25, 0.3) is 0 Å². The summed E-state index contributed by atoms with van der Waals surface area (Å²) in [6.45, 7) is 0.873. The summed E-state index contributed by atoms with van der Waals surface area (Å²) in [5.41, 5.74) is 0. The highest BCUT2D eigenvalue weighted by Crippen LogP contribution is 1.93. The molecule has 0 unspecified atom stereocenters. The van der Waals surface area contributed by atoms with Crippen molar-refractivity contribution in [2.45, 2.75) is 6.42 Å². The first-order valence-corrected chi connectivity index (χ1v) is 3.33. The molecule has 0 aromatic carbocycles. The zero-order valence-electron chi connectivity index (χ0n) is 4.39. The van der Waals surface area contributed by atoms with Crippen molar-refractivity contribution in [3.63, 3.8) is 0 Å². The third kappa shape index (κ3) is 6.27. The van der Waals surface area contributed by atoms with Gasteiger partial charge in [-0.1, -0.05) is 0 Å². The molecule has 0 aromatic rings. The van der Waals surface area contributed by atoms with E-state index >= 15 is 0 Å². The number of hydrogen-bond donors (Lipinski definition) is 1. The third-order valence-electron chi connectivity index (χ3n) is 0.504. The Balaban J connectivity index is 2.45. The minimum atomic E-state index is 0.223. The van der Waals surface area contributed by atoms with Crippen LogP contribution in [0.3, 0.4) is 0 Å². The molecule has 0 saturated heterocycles. The van der Waals surface area contributed by atoms with E-state index < -0.39 is 0 Å². The minimum absolute atomic E-state index is 0.223. The van der Waals surface area contributed by atoms with Crippen LogP contribution in [0.5, 0.6) is 0 Å². The van der Waals surface area contributed by atoms with Gasteiger partial charge in [0.1, 0.15) is 0 Å². The Bertz CT molecular complexity index is 28.9. The van der Waals surface area contributed by atoms with Crippen LogP contribution >= 0.6 is 12.0 Å². The van der Waals surface area contributed by atoms with Gasteiger partial charge in [-0.25, -0.2) is 0 Å². The van der Waals surface area contributed by atoms with Gasteiger partial charge in [0.05, 0.1) is 6.61 Å². The van der Waals surface area contributed by atoms with Gasteiger partial charge < -0.3 is 9.29 Å². The van der Waals surface area contributed by atoms with Gasteiger partial charge in [-0.05, 0) is 18.5 Å². The Labute approximate surface area is 48.1 Å². The second-order valence-electron chi connectivity index (χ2n) is 1.07. The molecule has 7 heavy (non-hydrogen) atoms. The van der Waals surface area contributed by atoms with Crippen LogP contribution < -0.4 is 0 Å². The zero-order valence-corrected chi connectivity index (χ0v) is 5.20. The third-order valence-corrected chi connectivity index (χ3v) is 0.906. The maximum Gasteiger partial charge on any atom is 0.0635 e. The summed E-state index contributed by atoms with van der Waals surface area (Å²) in [6, 6.07) is 0. The van der Waals surface area contributed by atoms with Gasteiger partial charge in [-0.2, -0.15) is 0 Å². The molecular formula is C4H10O2S. The lowest BCUT2D eigenvalue weighted by molar-refractivity contribution is 0.250. The molecule has 0 fully saturated rings. The van der Waals surface area contributed by atoms with Crippen molar-refractivity contribution < 1.29 is 9.29 Å². The monoisotopic (exact) mass is 122 g/mol. The smallest absolute Gasteiger partial charge is 0.0635 e. The topological polar surface area (TPSA) is 29.5 Å². The van der Waals surface area contributed by atoms with E-state index in [1.54, 1.807) is 0 Å². The van der Waals surface area contributed by atoms with E-state index in [0.717, 1.165) is 6.42 Å². The molecule has 0 rings (SSSR count). The van der Waals surface area contributed by atoms with Crippen LogP contribution in [0.15, 0.2) is 0 Å². The maximum absolute atomic E-state index is 8.20. The molecule has 0 aromatic heterocycles. The molecule has 2 nitrogen and oxygen atoms in total. The van der Waals surface area contributed by atoms with Gasteiger partial charge in [0.15, 0.2) is 0 Å². The van der Waals surface area contributed by atoms with Crippen LogP contribution in [0.4, 0.5) is 0 Å². The Hall–Kier alpha value is 0.270. The van der Waals surface area contributed by atoms with Crippen molar-refractivity contribution in [1.29, 1.82) is 0 Å². The lowest BCUT2D eigenvalue weighted by Crippen LogP contribution is -1.89. The second-order valence-corrected chi connectivity index (χ2v) is 1.63. The highest BCUT2D eigenvalue weighted by molar-refractivity contribution is 7.93. The summed E-state index contributed by atoms with van der Waals surface area (Å²) in [7, 11) is 0. The number of aliphatic hydroxyl groups excluding tert-OH is 1. The molecule has 0 spiro atoms. The van der Waals surface area contributed by atoms with Gasteiger partial charge in [-0.3, -0.25) is 0 Å². The lowest BCUT2D eigenvalue weighted by atomic mass is 10.5. The fraction of sp³-hybridized carbons (Fsp3) is 1.00. The SMILES string of the molecule is CSOCCCO. The van der Waals surface area contributed by atoms with E-state index in [4.69, 9.17) is 9.29 Å². The predicted octanol–water partition coefficient (Wildman–Crippen LogP) is 0.663. The molecule has 0 heterocycles. The lowest BCUT2D eigenvalue weighted by Gasteiger charge is -1.92. The van der Waals surface area contributed by atoms with Crippen LogP contribution in [0, 0.1) is 0 Å². The average Bonchev–Trinajstić information content (AvgIpc) is 1.69. The minimum Gasteiger partial charge on any atom is -0.396 e. The van der Waals surface area contributed by atoms with E-state index in [1.165, 1.54) is 12.0 Å². The molecule has 44 valence electrons. The summed E-state index contributed by atoms with van der Waals surface area (Å²) < 4.78 is 4.83. The van der Waals surface area contributed by atoms with Crippen molar-refractivity contribution >= 4 is 12.0 Å². The Kier molecular flexibility index (Phi) is 6.51. The van der Waals surface area contributed by atoms with E-state index in [2.05, 4.69) is 0 Å². The Morgan fingerprint density at radius 1 is 1.71 bits per heavy atom. The van der Waals surface area contributed by atoms with Gasteiger partial charge in [-0.15, -0.1) is 0 Å². The van der Waals surface area contributed by atoms with E-state index in [1.807, 2.05) is 6.26 Å². The molecule has 3 heteroatoms. The standard InChI is InChI=1S/C4H10O2S/c1-7-6-4-2-3-5/h5H,2-4H2,1H3. The van der Waals surface area contributed by atoms with Crippen molar-refractivity contribution in [3.8, 4) is 0 Å². The van der Waals surface area contributed by atoms with Crippen molar-refractivity contribution in [2.24, 2.45) is 0 Å². The van der Waals surface area contributed by atoms with Crippen LogP contribution in [-0.4, -0.2) is 24.6 Å². The molecule has 0 aliphatic rings. The predicted molar refractivity (Wildman–Crippen MR) is 31.2 cm³/mol. The van der Waals surface area contributed by atoms with Crippen molar-refractivity contribution in [3.05, 3.63) is 0 Å². The molecule has 0 aliphatic heterocycles. The fourth-order valence-corrected chi connectivity index (χ4v) is 0.491. The van der Waals surface area contributed by atoms with Crippen molar-refractivity contribution in [1.82, 2.24) is 0 Å². The summed E-state index contributed by atoms with van der Waals surface area (Å²) in [4.78, 5) is 0. The number of rotatable bonds is 4. The van der Waals surface area contributed by atoms with Gasteiger partial charge in [0, 0.05) is 12.9 Å². The van der Waals surface area contributed by atoms with Crippen LogP contribution in [0.1, 0.15) is 6.42 Å². The normalized spacial score (nSPS) is 9.43. The summed E-state index contributed by atoms with van der Waals surface area (Å²) in [5, 5.41) is 8.20. The van der Waals surface area contributed by atoms with Gasteiger partial charge in [0.25, 0.3) is 0 Å². The number of aliphatic hydroxyl groups is 1. The first-order chi connectivity index (χ1) is 3.41. The first kappa shape index (κ1) is 7.27. The van der Waals surface area contributed by atoms with Crippen LogP contribution in [-0.2, 0) is 4.18 Å². The van der Waals surface area contributed by atoms with Crippen molar-refractivity contribution in [2.75, 3.05) is 19.5 Å². The molecule has 1 N–H and O–H groups in total. The molecule has 0 radical (unpaired) electrons. The maximum atomic E-state index is 8.20. The van der Waals surface area contributed by atoms with Gasteiger partial charge in [0.2, 0.25) is 0 Å².